The van der Waals surface area contributed by atoms with Gasteiger partial charge in [0.25, 0.3) is 5.91 Å². The van der Waals surface area contributed by atoms with Crippen molar-refractivity contribution in [2.24, 2.45) is 0 Å². The molecule has 1 amide bonds. The summed E-state index contributed by atoms with van der Waals surface area (Å²) in [5.74, 6) is 1.50. The molecule has 0 spiro atoms. The van der Waals surface area contributed by atoms with Crippen molar-refractivity contribution in [3.63, 3.8) is 0 Å². The molecule has 1 saturated heterocycles. The van der Waals surface area contributed by atoms with E-state index in [1.165, 1.54) is 4.88 Å². The smallest absolute Gasteiger partial charge is 0.260 e. The molecule has 0 unspecified atom stereocenters. The van der Waals surface area contributed by atoms with Crippen LogP contribution in [0.4, 0.5) is 0 Å². The zero-order chi connectivity index (χ0) is 18.4. The Labute approximate surface area is 163 Å². The van der Waals surface area contributed by atoms with Crippen molar-refractivity contribution >= 4 is 28.8 Å². The van der Waals surface area contributed by atoms with Crippen LogP contribution >= 0.6 is 22.9 Å². The monoisotopic (exact) mass is 394 g/mol. The Morgan fingerprint density at radius 3 is 2.27 bits per heavy atom. The highest BCUT2D eigenvalue weighted by molar-refractivity contribution is 7.16. The maximum Gasteiger partial charge on any atom is 0.260 e. The molecule has 0 saturated carbocycles. The summed E-state index contributed by atoms with van der Waals surface area (Å²) in [5.41, 5.74) is 0. The number of carbonyl (C=O) groups is 1. The van der Waals surface area contributed by atoms with Gasteiger partial charge in [-0.1, -0.05) is 11.6 Å². The average Bonchev–Trinajstić information content (AvgIpc) is 3.06. The van der Waals surface area contributed by atoms with Crippen LogP contribution in [0.3, 0.4) is 0 Å². The maximum absolute atomic E-state index is 12.4. The molecule has 2 heterocycles. The van der Waals surface area contributed by atoms with E-state index in [0.29, 0.717) is 12.4 Å². The molecule has 26 heavy (non-hydrogen) atoms. The summed E-state index contributed by atoms with van der Waals surface area (Å²) in [6, 6.07) is 11.3. The van der Waals surface area contributed by atoms with E-state index in [2.05, 4.69) is 11.0 Å². The first-order chi connectivity index (χ1) is 12.6. The van der Waals surface area contributed by atoms with Gasteiger partial charge in [0, 0.05) is 37.6 Å². The molecule has 1 aromatic heterocycles. The molecule has 140 valence electrons. The van der Waals surface area contributed by atoms with E-state index in [-0.39, 0.29) is 12.5 Å². The molecule has 1 fully saturated rings. The summed E-state index contributed by atoms with van der Waals surface area (Å²) in [6.45, 7) is 6.71. The van der Waals surface area contributed by atoms with Crippen molar-refractivity contribution in [1.29, 1.82) is 0 Å². The van der Waals surface area contributed by atoms with Gasteiger partial charge in [-0.3, -0.25) is 9.69 Å². The van der Waals surface area contributed by atoms with Gasteiger partial charge in [0.2, 0.25) is 0 Å². The van der Waals surface area contributed by atoms with Crippen molar-refractivity contribution in [2.75, 3.05) is 39.4 Å². The predicted molar refractivity (Wildman–Crippen MR) is 104 cm³/mol. The van der Waals surface area contributed by atoms with Gasteiger partial charge < -0.3 is 14.4 Å². The molecule has 3 rings (SSSR count). The highest BCUT2D eigenvalue weighted by Crippen LogP contribution is 2.23. The van der Waals surface area contributed by atoms with Gasteiger partial charge in [-0.15, -0.1) is 11.3 Å². The summed E-state index contributed by atoms with van der Waals surface area (Å²) in [7, 11) is 0. The Balaban J connectivity index is 1.40. The highest BCUT2D eigenvalue weighted by atomic mass is 35.5. The van der Waals surface area contributed by atoms with Crippen molar-refractivity contribution < 1.29 is 14.3 Å². The number of hydrogen-bond acceptors (Lipinski definition) is 5. The summed E-state index contributed by atoms with van der Waals surface area (Å²) < 4.78 is 11.8. The number of nitrogens with zero attached hydrogens (tertiary/aromatic N) is 2. The predicted octanol–water partition coefficient (Wildman–Crippen LogP) is 3.52. The minimum atomic E-state index is 0.0257. The van der Waals surface area contributed by atoms with E-state index in [0.717, 1.165) is 42.8 Å². The topological polar surface area (TPSA) is 42.0 Å². The van der Waals surface area contributed by atoms with E-state index in [1.54, 1.807) is 11.3 Å². The van der Waals surface area contributed by atoms with Gasteiger partial charge >= 0.3 is 0 Å². The fraction of sp³-hybridized carbons (Fsp3) is 0.421. The van der Waals surface area contributed by atoms with Crippen LogP contribution in [-0.4, -0.2) is 55.1 Å². The fourth-order valence-corrected chi connectivity index (χ4v) is 3.98. The Hall–Kier alpha value is -1.76. The van der Waals surface area contributed by atoms with Gasteiger partial charge in [-0.2, -0.15) is 0 Å². The van der Waals surface area contributed by atoms with Gasteiger partial charge in [-0.25, -0.2) is 0 Å². The first-order valence-electron chi connectivity index (χ1n) is 8.74. The maximum atomic E-state index is 12.4. The molecule has 1 aliphatic heterocycles. The number of carbonyl (C=O) groups excluding carboxylic acids is 1. The lowest BCUT2D eigenvalue weighted by Gasteiger charge is -2.34. The van der Waals surface area contributed by atoms with Crippen molar-refractivity contribution in [2.45, 2.75) is 13.5 Å². The lowest BCUT2D eigenvalue weighted by molar-refractivity contribution is -0.135. The second-order valence-electron chi connectivity index (χ2n) is 6.06. The van der Waals surface area contributed by atoms with Crippen molar-refractivity contribution in [3.05, 3.63) is 45.6 Å². The number of ether oxygens (including phenoxy) is 2. The molecule has 0 bridgehead atoms. The van der Waals surface area contributed by atoms with E-state index < -0.39 is 0 Å². The number of amides is 1. The number of hydrogen-bond donors (Lipinski definition) is 0. The molecule has 1 aliphatic rings. The fourth-order valence-electron chi connectivity index (χ4n) is 2.85. The first-order valence-corrected chi connectivity index (χ1v) is 9.93. The molecule has 0 atom stereocenters. The van der Waals surface area contributed by atoms with Crippen LogP contribution in [0.25, 0.3) is 0 Å². The molecule has 7 heteroatoms. The molecule has 2 aromatic rings. The van der Waals surface area contributed by atoms with Crippen LogP contribution in [0.1, 0.15) is 11.8 Å². The van der Waals surface area contributed by atoms with Crippen molar-refractivity contribution in [3.8, 4) is 11.5 Å². The van der Waals surface area contributed by atoms with E-state index >= 15 is 0 Å². The second-order valence-corrected chi connectivity index (χ2v) is 7.86. The zero-order valence-electron chi connectivity index (χ0n) is 14.8. The Morgan fingerprint density at radius 1 is 1.04 bits per heavy atom. The van der Waals surface area contributed by atoms with Crippen molar-refractivity contribution in [1.82, 2.24) is 9.80 Å². The molecule has 0 aliphatic carbocycles. The molecule has 0 radical (unpaired) electrons. The quantitative estimate of drug-likeness (QED) is 0.720. The summed E-state index contributed by atoms with van der Waals surface area (Å²) in [5, 5.41) is 0. The zero-order valence-corrected chi connectivity index (χ0v) is 16.4. The van der Waals surface area contributed by atoms with Crippen LogP contribution in [0, 0.1) is 0 Å². The lowest BCUT2D eigenvalue weighted by atomic mass is 10.3. The van der Waals surface area contributed by atoms with Crippen LogP contribution in [0.2, 0.25) is 4.34 Å². The number of rotatable bonds is 7. The van der Waals surface area contributed by atoms with Crippen LogP contribution < -0.4 is 9.47 Å². The van der Waals surface area contributed by atoms with Gasteiger partial charge in [-0.05, 0) is 43.3 Å². The average molecular weight is 395 g/mol. The third-order valence-corrected chi connectivity index (χ3v) is 5.45. The molecule has 1 aromatic carbocycles. The van der Waals surface area contributed by atoms with E-state index in [9.17, 15) is 4.79 Å². The largest absolute Gasteiger partial charge is 0.494 e. The van der Waals surface area contributed by atoms with Gasteiger partial charge in [0.1, 0.15) is 11.5 Å². The second kappa shape index (κ2) is 9.26. The SMILES string of the molecule is CCOc1ccc(OCC(=O)N2CCN(Cc3ccc(Cl)s3)CC2)cc1. The van der Waals surface area contributed by atoms with Crippen LogP contribution in [0.15, 0.2) is 36.4 Å². The molecule has 0 N–H and O–H groups in total. The standard InChI is InChI=1S/C19H23ClN2O3S/c1-2-24-15-3-5-16(6-4-15)25-14-19(23)22-11-9-21(10-12-22)13-17-7-8-18(20)26-17/h3-8H,2,9-14H2,1H3. The van der Waals surface area contributed by atoms with E-state index in [1.807, 2.05) is 42.2 Å². The first kappa shape index (κ1) is 19.0. The third kappa shape index (κ3) is 5.37. The molecule has 5 nitrogen and oxygen atoms in total. The lowest BCUT2D eigenvalue weighted by Crippen LogP contribution is -2.49. The molecular formula is C19H23ClN2O3S. The summed E-state index contributed by atoms with van der Waals surface area (Å²) in [4.78, 5) is 17.8. The Morgan fingerprint density at radius 2 is 1.69 bits per heavy atom. The minimum absolute atomic E-state index is 0.0257. The highest BCUT2D eigenvalue weighted by Gasteiger charge is 2.21. The van der Waals surface area contributed by atoms with Crippen LogP contribution in [-0.2, 0) is 11.3 Å². The third-order valence-electron chi connectivity index (χ3n) is 4.23. The Kier molecular flexibility index (Phi) is 6.77. The number of benzene rings is 1. The van der Waals surface area contributed by atoms with E-state index in [4.69, 9.17) is 21.1 Å². The van der Waals surface area contributed by atoms with Gasteiger partial charge in [0.05, 0.1) is 10.9 Å². The number of thiophene rings is 1. The Bertz CT molecular complexity index is 712. The van der Waals surface area contributed by atoms with Gasteiger partial charge in [0.15, 0.2) is 6.61 Å². The minimum Gasteiger partial charge on any atom is -0.494 e. The summed E-state index contributed by atoms with van der Waals surface area (Å²) >= 11 is 7.59. The summed E-state index contributed by atoms with van der Waals surface area (Å²) in [6.07, 6.45) is 0. The molecular weight excluding hydrogens is 372 g/mol. The number of piperazine rings is 1. The van der Waals surface area contributed by atoms with Crippen LogP contribution in [0.5, 0.6) is 11.5 Å². The number of halogens is 1. The normalized spacial score (nSPS) is 15.1.